The van der Waals surface area contributed by atoms with Gasteiger partial charge in [0.1, 0.15) is 11.6 Å². The van der Waals surface area contributed by atoms with Gasteiger partial charge < -0.3 is 30.6 Å². The minimum absolute atomic E-state index is 0.391. The van der Waals surface area contributed by atoms with Gasteiger partial charge in [-0.25, -0.2) is 4.98 Å². The van der Waals surface area contributed by atoms with E-state index in [-0.39, 0.29) is 0 Å². The van der Waals surface area contributed by atoms with Gasteiger partial charge in [0.25, 0.3) is 0 Å². The number of benzene rings is 1. The molecule has 0 spiro atoms. The Kier molecular flexibility index (Phi) is 9.62. The Labute approximate surface area is 204 Å². The molecule has 4 N–H and O–H groups in total. The lowest BCUT2D eigenvalue weighted by Crippen LogP contribution is -2.31. The topological polar surface area (TPSA) is 104 Å². The standard InChI is InChI=1S/C26H41N5O3/c1-6-32-22-14-24(34-8-3)23(33-7-2)13-20(22)16-28-15-19-9-11-21(12-10-19)30-26-29-18(5)17(4)25(27)31-26/h13-14,19,21,28H,6-12,15-16H2,1-5H3,(H3,27,29,30,31)/t19-,21+. The normalized spacial score (nSPS) is 17.9. The maximum absolute atomic E-state index is 6.01. The fourth-order valence-corrected chi connectivity index (χ4v) is 4.37. The molecule has 0 bridgehead atoms. The molecule has 1 heterocycles. The Hall–Kier alpha value is -2.74. The quantitative estimate of drug-likeness (QED) is 0.412. The van der Waals surface area contributed by atoms with Crippen molar-refractivity contribution in [1.82, 2.24) is 15.3 Å². The number of aromatic nitrogens is 2. The molecule has 8 heteroatoms. The first-order valence-corrected chi connectivity index (χ1v) is 12.6. The average molecular weight is 472 g/mol. The van der Waals surface area contributed by atoms with Crippen LogP contribution in [0.3, 0.4) is 0 Å². The number of rotatable bonds is 12. The van der Waals surface area contributed by atoms with Gasteiger partial charge in [0.2, 0.25) is 5.95 Å². The number of nitrogens with one attached hydrogen (secondary N) is 2. The number of aryl methyl sites for hydroxylation is 1. The van der Waals surface area contributed by atoms with Crippen LogP contribution in [0.5, 0.6) is 17.2 Å². The smallest absolute Gasteiger partial charge is 0.225 e. The van der Waals surface area contributed by atoms with Crippen LogP contribution in [-0.2, 0) is 6.54 Å². The summed E-state index contributed by atoms with van der Waals surface area (Å²) in [4.78, 5) is 8.95. The van der Waals surface area contributed by atoms with Gasteiger partial charge >= 0.3 is 0 Å². The third kappa shape index (κ3) is 6.88. The summed E-state index contributed by atoms with van der Waals surface area (Å²) < 4.78 is 17.5. The summed E-state index contributed by atoms with van der Waals surface area (Å²) in [7, 11) is 0. The molecule has 1 fully saturated rings. The Morgan fingerprint density at radius 1 is 0.882 bits per heavy atom. The molecule has 1 aromatic heterocycles. The van der Waals surface area contributed by atoms with Crippen molar-refractivity contribution in [3.63, 3.8) is 0 Å². The molecule has 8 nitrogen and oxygen atoms in total. The number of nitrogen functional groups attached to an aromatic ring is 1. The van der Waals surface area contributed by atoms with E-state index < -0.39 is 0 Å². The summed E-state index contributed by atoms with van der Waals surface area (Å²) in [5.74, 6) is 4.20. The molecule has 0 aliphatic heterocycles. The van der Waals surface area contributed by atoms with E-state index >= 15 is 0 Å². The number of anilines is 2. The molecule has 188 valence electrons. The Morgan fingerprint density at radius 3 is 2.12 bits per heavy atom. The SMILES string of the molecule is CCOc1cc(OCC)c(OCC)cc1CNC[C@H]1CC[C@@H](Nc2nc(C)c(C)c(N)n2)CC1. The molecular weight excluding hydrogens is 430 g/mol. The molecule has 1 aromatic carbocycles. The summed E-state index contributed by atoms with van der Waals surface area (Å²) in [6.07, 6.45) is 4.53. The van der Waals surface area contributed by atoms with Crippen molar-refractivity contribution < 1.29 is 14.2 Å². The van der Waals surface area contributed by atoms with Crippen LogP contribution < -0.4 is 30.6 Å². The van der Waals surface area contributed by atoms with E-state index in [1.54, 1.807) is 0 Å². The average Bonchev–Trinajstić information content (AvgIpc) is 2.81. The lowest BCUT2D eigenvalue weighted by Gasteiger charge is -2.29. The first-order chi connectivity index (χ1) is 16.4. The van der Waals surface area contributed by atoms with Crippen molar-refractivity contribution >= 4 is 11.8 Å². The molecule has 1 saturated carbocycles. The monoisotopic (exact) mass is 471 g/mol. The second-order valence-electron chi connectivity index (χ2n) is 8.84. The number of hydrogen-bond donors (Lipinski definition) is 3. The second-order valence-corrected chi connectivity index (χ2v) is 8.84. The predicted molar refractivity (Wildman–Crippen MR) is 137 cm³/mol. The van der Waals surface area contributed by atoms with Crippen molar-refractivity contribution in [1.29, 1.82) is 0 Å². The van der Waals surface area contributed by atoms with Gasteiger partial charge in [-0.15, -0.1) is 0 Å². The molecule has 34 heavy (non-hydrogen) atoms. The lowest BCUT2D eigenvalue weighted by molar-refractivity contribution is 0.281. The van der Waals surface area contributed by atoms with Crippen LogP contribution in [0.1, 0.15) is 63.3 Å². The highest BCUT2D eigenvalue weighted by Gasteiger charge is 2.22. The maximum Gasteiger partial charge on any atom is 0.225 e. The zero-order valence-corrected chi connectivity index (χ0v) is 21.4. The van der Waals surface area contributed by atoms with Crippen molar-refractivity contribution in [2.75, 3.05) is 37.4 Å². The van der Waals surface area contributed by atoms with Crippen LogP contribution in [0.4, 0.5) is 11.8 Å². The van der Waals surface area contributed by atoms with Gasteiger partial charge in [-0.2, -0.15) is 4.98 Å². The van der Waals surface area contributed by atoms with E-state index in [1.807, 2.05) is 46.8 Å². The van der Waals surface area contributed by atoms with Crippen molar-refractivity contribution in [3.8, 4) is 17.2 Å². The molecule has 0 amide bonds. The fourth-order valence-electron chi connectivity index (χ4n) is 4.37. The molecular formula is C26H41N5O3. The van der Waals surface area contributed by atoms with Crippen LogP contribution in [-0.4, -0.2) is 42.4 Å². The van der Waals surface area contributed by atoms with Crippen LogP contribution in [0, 0.1) is 19.8 Å². The molecule has 0 atom stereocenters. The first kappa shape index (κ1) is 25.9. The summed E-state index contributed by atoms with van der Waals surface area (Å²) >= 11 is 0. The van der Waals surface area contributed by atoms with Crippen LogP contribution in [0.15, 0.2) is 12.1 Å². The zero-order chi connectivity index (χ0) is 24.5. The Bertz CT molecular complexity index is 906. The van der Waals surface area contributed by atoms with Gasteiger partial charge in [-0.3, -0.25) is 0 Å². The predicted octanol–water partition coefficient (Wildman–Crippen LogP) is 4.63. The molecule has 0 radical (unpaired) electrons. The molecule has 1 aliphatic carbocycles. The van der Waals surface area contributed by atoms with Crippen LogP contribution >= 0.6 is 0 Å². The largest absolute Gasteiger partial charge is 0.493 e. The lowest BCUT2D eigenvalue weighted by atomic mass is 9.86. The molecule has 2 aromatic rings. The van der Waals surface area contributed by atoms with E-state index in [1.165, 1.54) is 0 Å². The van der Waals surface area contributed by atoms with Gasteiger partial charge in [0.15, 0.2) is 11.5 Å². The van der Waals surface area contributed by atoms with E-state index in [0.29, 0.717) is 43.5 Å². The minimum Gasteiger partial charge on any atom is -0.493 e. The number of nitrogens with zero attached hydrogens (tertiary/aromatic N) is 2. The third-order valence-corrected chi connectivity index (χ3v) is 6.38. The Balaban J connectivity index is 1.51. The van der Waals surface area contributed by atoms with E-state index in [9.17, 15) is 0 Å². The van der Waals surface area contributed by atoms with E-state index in [4.69, 9.17) is 19.9 Å². The minimum atomic E-state index is 0.391. The molecule has 1 aliphatic rings. The highest BCUT2D eigenvalue weighted by Crippen LogP contribution is 2.35. The summed E-state index contributed by atoms with van der Waals surface area (Å²) in [5.41, 5.74) is 8.98. The number of ether oxygens (including phenoxy) is 3. The summed E-state index contributed by atoms with van der Waals surface area (Å²) in [5, 5.41) is 7.12. The summed E-state index contributed by atoms with van der Waals surface area (Å²) in [6.45, 7) is 13.4. The van der Waals surface area contributed by atoms with Crippen LogP contribution in [0.25, 0.3) is 0 Å². The van der Waals surface area contributed by atoms with Gasteiger partial charge in [0, 0.05) is 35.5 Å². The first-order valence-electron chi connectivity index (χ1n) is 12.6. The van der Waals surface area contributed by atoms with Gasteiger partial charge in [-0.05, 0) is 78.8 Å². The van der Waals surface area contributed by atoms with Crippen LogP contribution in [0.2, 0.25) is 0 Å². The zero-order valence-electron chi connectivity index (χ0n) is 21.4. The van der Waals surface area contributed by atoms with Crippen molar-refractivity contribution in [2.24, 2.45) is 5.92 Å². The highest BCUT2D eigenvalue weighted by atomic mass is 16.5. The Morgan fingerprint density at radius 2 is 1.50 bits per heavy atom. The number of nitrogens with two attached hydrogens (primary N) is 1. The molecule has 0 saturated heterocycles. The molecule has 3 rings (SSSR count). The van der Waals surface area contributed by atoms with Crippen molar-refractivity contribution in [3.05, 3.63) is 29.0 Å². The maximum atomic E-state index is 6.01. The van der Waals surface area contributed by atoms with Gasteiger partial charge in [0.05, 0.1) is 19.8 Å². The summed E-state index contributed by atoms with van der Waals surface area (Å²) in [6, 6.07) is 4.39. The highest BCUT2D eigenvalue weighted by molar-refractivity contribution is 5.51. The molecule has 0 unspecified atom stereocenters. The van der Waals surface area contributed by atoms with E-state index in [2.05, 4.69) is 20.6 Å². The van der Waals surface area contributed by atoms with E-state index in [0.717, 1.165) is 72.8 Å². The second kappa shape index (κ2) is 12.6. The van der Waals surface area contributed by atoms with Gasteiger partial charge in [-0.1, -0.05) is 0 Å². The fraction of sp³-hybridized carbons (Fsp3) is 0.615. The third-order valence-electron chi connectivity index (χ3n) is 6.38. The van der Waals surface area contributed by atoms with Crippen molar-refractivity contribution in [2.45, 2.75) is 72.9 Å². The number of hydrogen-bond acceptors (Lipinski definition) is 8.